The average Bonchev–Trinajstić information content (AvgIpc) is 3.30. The van der Waals surface area contributed by atoms with Crippen molar-refractivity contribution in [2.24, 2.45) is 0 Å². The van der Waals surface area contributed by atoms with Crippen molar-refractivity contribution in [3.8, 4) is 0 Å². The van der Waals surface area contributed by atoms with Crippen molar-refractivity contribution in [3.63, 3.8) is 0 Å². The number of rotatable bonds is 6. The Morgan fingerprint density at radius 3 is 3.04 bits per heavy atom. The maximum Gasteiger partial charge on any atom is 0.191 e. The third-order valence-electron chi connectivity index (χ3n) is 3.76. The van der Waals surface area contributed by atoms with Gasteiger partial charge in [-0.15, -0.1) is 21.5 Å². The lowest BCUT2D eigenvalue weighted by Gasteiger charge is -2.04. The molecule has 24 heavy (non-hydrogen) atoms. The molecule has 122 valence electrons. The molecule has 0 saturated heterocycles. The van der Waals surface area contributed by atoms with Crippen LogP contribution in [0.2, 0.25) is 0 Å². The third-order valence-corrected chi connectivity index (χ3v) is 5.71. The van der Waals surface area contributed by atoms with Crippen molar-refractivity contribution >= 4 is 28.7 Å². The van der Waals surface area contributed by atoms with Crippen LogP contribution in [0.4, 0.5) is 0 Å². The van der Waals surface area contributed by atoms with Gasteiger partial charge in [-0.25, -0.2) is 4.98 Å². The standard InChI is InChI=1S/C17H17N5S2/c1-13-4-5-16-19-14(10-22(16)9-13)11-24-17-20-18-12-21(17)7-6-15-3-2-8-23-15/h2-5,8-10,12H,6-7,11H2,1H3. The Kier molecular flexibility index (Phi) is 4.36. The van der Waals surface area contributed by atoms with Gasteiger partial charge >= 0.3 is 0 Å². The maximum atomic E-state index is 4.66. The summed E-state index contributed by atoms with van der Waals surface area (Å²) in [5, 5.41) is 11.4. The highest BCUT2D eigenvalue weighted by atomic mass is 32.2. The first kappa shape index (κ1) is 15.4. The minimum absolute atomic E-state index is 0.790. The fourth-order valence-electron chi connectivity index (χ4n) is 2.56. The van der Waals surface area contributed by atoms with Gasteiger partial charge in [-0.1, -0.05) is 23.9 Å². The summed E-state index contributed by atoms with van der Waals surface area (Å²) in [5.41, 5.74) is 3.26. The molecular weight excluding hydrogens is 338 g/mol. The molecule has 0 aromatic carbocycles. The Morgan fingerprint density at radius 2 is 2.17 bits per heavy atom. The van der Waals surface area contributed by atoms with E-state index in [1.807, 2.05) is 12.4 Å². The van der Waals surface area contributed by atoms with Gasteiger partial charge in [-0.2, -0.15) is 0 Å². The van der Waals surface area contributed by atoms with Crippen molar-refractivity contribution in [1.29, 1.82) is 0 Å². The molecule has 0 radical (unpaired) electrons. The Morgan fingerprint density at radius 1 is 1.21 bits per heavy atom. The van der Waals surface area contributed by atoms with Crippen LogP contribution in [0.3, 0.4) is 0 Å². The number of imidazole rings is 1. The molecule has 4 rings (SSSR count). The van der Waals surface area contributed by atoms with Crippen molar-refractivity contribution in [2.45, 2.75) is 30.8 Å². The number of fused-ring (bicyclic) bond motifs is 1. The molecule has 0 fully saturated rings. The van der Waals surface area contributed by atoms with Gasteiger partial charge < -0.3 is 8.97 Å². The fourth-order valence-corrected chi connectivity index (χ4v) is 4.08. The number of thiophene rings is 1. The van der Waals surface area contributed by atoms with Crippen LogP contribution in [0.1, 0.15) is 16.1 Å². The number of hydrogen-bond donors (Lipinski definition) is 0. The van der Waals surface area contributed by atoms with Crippen LogP contribution in [-0.2, 0) is 18.7 Å². The van der Waals surface area contributed by atoms with Crippen molar-refractivity contribution in [1.82, 2.24) is 24.1 Å². The summed E-state index contributed by atoms with van der Waals surface area (Å²) >= 11 is 3.47. The number of aromatic nitrogens is 5. The van der Waals surface area contributed by atoms with Crippen molar-refractivity contribution in [3.05, 3.63) is 64.5 Å². The fraction of sp³-hybridized carbons (Fsp3) is 0.235. The van der Waals surface area contributed by atoms with Crippen LogP contribution in [0.15, 0.2) is 53.5 Å². The van der Waals surface area contributed by atoms with Gasteiger partial charge in [-0.3, -0.25) is 0 Å². The summed E-state index contributed by atoms with van der Waals surface area (Å²) in [4.78, 5) is 6.04. The van der Waals surface area contributed by atoms with E-state index in [4.69, 9.17) is 0 Å². The molecule has 0 bridgehead atoms. The van der Waals surface area contributed by atoms with Crippen LogP contribution in [0, 0.1) is 6.92 Å². The SMILES string of the molecule is Cc1ccc2nc(CSc3nncn3CCc3cccs3)cn2c1. The van der Waals surface area contributed by atoms with Gasteiger partial charge in [0.15, 0.2) is 5.16 Å². The summed E-state index contributed by atoms with van der Waals surface area (Å²) in [6, 6.07) is 8.39. The second kappa shape index (κ2) is 6.78. The van der Waals surface area contributed by atoms with E-state index >= 15 is 0 Å². The summed E-state index contributed by atoms with van der Waals surface area (Å²) in [6.07, 6.45) is 7.00. The van der Waals surface area contributed by atoms with E-state index in [1.165, 1.54) is 10.4 Å². The lowest BCUT2D eigenvalue weighted by Crippen LogP contribution is -2.01. The maximum absolute atomic E-state index is 4.66. The second-order valence-corrected chi connectivity index (χ2v) is 7.60. The van der Waals surface area contributed by atoms with E-state index in [0.717, 1.165) is 35.2 Å². The minimum Gasteiger partial charge on any atom is -0.308 e. The first-order chi connectivity index (χ1) is 11.8. The average molecular weight is 355 g/mol. The lowest BCUT2D eigenvalue weighted by atomic mass is 10.3. The molecule has 7 heteroatoms. The highest BCUT2D eigenvalue weighted by Gasteiger charge is 2.08. The second-order valence-electron chi connectivity index (χ2n) is 5.63. The monoisotopic (exact) mass is 355 g/mol. The van der Waals surface area contributed by atoms with E-state index in [0.29, 0.717) is 0 Å². The molecule has 0 saturated carbocycles. The van der Waals surface area contributed by atoms with Gasteiger partial charge in [-0.05, 0) is 36.4 Å². The van der Waals surface area contributed by atoms with Crippen LogP contribution >= 0.6 is 23.1 Å². The topological polar surface area (TPSA) is 48.0 Å². The molecule has 0 spiro atoms. The van der Waals surface area contributed by atoms with Crippen LogP contribution in [0.5, 0.6) is 0 Å². The predicted molar refractivity (Wildman–Crippen MR) is 97.5 cm³/mol. The Balaban J connectivity index is 1.42. The molecule has 0 aliphatic heterocycles. The van der Waals surface area contributed by atoms with Crippen molar-refractivity contribution < 1.29 is 0 Å². The van der Waals surface area contributed by atoms with E-state index in [-0.39, 0.29) is 0 Å². The molecule has 4 aromatic heterocycles. The Labute approximate surface area is 148 Å². The van der Waals surface area contributed by atoms with Crippen LogP contribution < -0.4 is 0 Å². The molecule has 0 unspecified atom stereocenters. The molecule has 4 heterocycles. The molecule has 0 aliphatic carbocycles. The molecule has 0 atom stereocenters. The molecule has 0 amide bonds. The molecule has 0 N–H and O–H groups in total. The highest BCUT2D eigenvalue weighted by Crippen LogP contribution is 2.21. The summed E-state index contributed by atoms with van der Waals surface area (Å²) in [7, 11) is 0. The highest BCUT2D eigenvalue weighted by molar-refractivity contribution is 7.98. The number of hydrogen-bond acceptors (Lipinski definition) is 5. The molecule has 4 aromatic rings. The zero-order valence-corrected chi connectivity index (χ0v) is 14.9. The van der Waals surface area contributed by atoms with E-state index in [9.17, 15) is 0 Å². The Bertz CT molecular complexity index is 939. The van der Waals surface area contributed by atoms with Gasteiger partial charge in [0.1, 0.15) is 12.0 Å². The predicted octanol–water partition coefficient (Wildman–Crippen LogP) is 3.83. The van der Waals surface area contributed by atoms with E-state index in [2.05, 4.69) is 67.0 Å². The van der Waals surface area contributed by atoms with E-state index in [1.54, 1.807) is 23.1 Å². The van der Waals surface area contributed by atoms with Gasteiger partial charge in [0.05, 0.1) is 5.69 Å². The minimum atomic E-state index is 0.790. The van der Waals surface area contributed by atoms with Crippen molar-refractivity contribution in [2.75, 3.05) is 0 Å². The smallest absolute Gasteiger partial charge is 0.191 e. The lowest BCUT2D eigenvalue weighted by molar-refractivity contribution is 0.637. The first-order valence-corrected chi connectivity index (χ1v) is 9.62. The quantitative estimate of drug-likeness (QED) is 0.493. The number of pyridine rings is 1. The van der Waals surface area contributed by atoms with Gasteiger partial charge in [0.25, 0.3) is 0 Å². The normalized spacial score (nSPS) is 11.4. The van der Waals surface area contributed by atoms with E-state index < -0.39 is 0 Å². The van der Waals surface area contributed by atoms with Crippen LogP contribution in [-0.4, -0.2) is 24.1 Å². The van der Waals surface area contributed by atoms with Gasteiger partial charge in [0.2, 0.25) is 0 Å². The molecule has 5 nitrogen and oxygen atoms in total. The number of thioether (sulfide) groups is 1. The summed E-state index contributed by atoms with van der Waals surface area (Å²) in [5.74, 6) is 0.790. The zero-order valence-electron chi connectivity index (χ0n) is 13.3. The van der Waals surface area contributed by atoms with Gasteiger partial charge in [0, 0.05) is 29.6 Å². The third kappa shape index (κ3) is 3.37. The molecular formula is C17H17N5S2. The zero-order chi connectivity index (χ0) is 16.4. The summed E-state index contributed by atoms with van der Waals surface area (Å²) < 4.78 is 4.19. The number of aryl methyl sites for hydroxylation is 3. The summed E-state index contributed by atoms with van der Waals surface area (Å²) in [6.45, 7) is 2.99. The number of nitrogens with zero attached hydrogens (tertiary/aromatic N) is 5. The first-order valence-electron chi connectivity index (χ1n) is 7.75. The Hall–Kier alpha value is -2.12. The van der Waals surface area contributed by atoms with Crippen LogP contribution in [0.25, 0.3) is 5.65 Å². The largest absolute Gasteiger partial charge is 0.308 e. The molecule has 0 aliphatic rings.